The maximum Gasteiger partial charge on any atom is 0.240 e. The summed E-state index contributed by atoms with van der Waals surface area (Å²) in [6.45, 7) is 1.22. The van der Waals surface area contributed by atoms with E-state index in [9.17, 15) is 8.42 Å². The van der Waals surface area contributed by atoms with Gasteiger partial charge in [0.25, 0.3) is 0 Å². The SMILES string of the molecule is Nc1cc(S(=O)(=O)NCCCCn2ccnc2)ccc1Br. The summed E-state index contributed by atoms with van der Waals surface area (Å²) in [5, 5.41) is 0. The fraction of sp³-hybridized carbons (Fsp3) is 0.308. The molecule has 0 radical (unpaired) electrons. The summed E-state index contributed by atoms with van der Waals surface area (Å²) in [5.41, 5.74) is 6.10. The maximum atomic E-state index is 12.1. The highest BCUT2D eigenvalue weighted by Crippen LogP contribution is 2.22. The van der Waals surface area contributed by atoms with Crippen LogP contribution in [0.1, 0.15) is 12.8 Å². The van der Waals surface area contributed by atoms with Gasteiger partial charge >= 0.3 is 0 Å². The second-order valence-electron chi connectivity index (χ2n) is 4.59. The number of sulfonamides is 1. The van der Waals surface area contributed by atoms with Crippen LogP contribution in [0.5, 0.6) is 0 Å². The van der Waals surface area contributed by atoms with Gasteiger partial charge in [0.15, 0.2) is 0 Å². The van der Waals surface area contributed by atoms with Gasteiger partial charge in [-0.15, -0.1) is 0 Å². The van der Waals surface area contributed by atoms with Crippen molar-refractivity contribution in [2.24, 2.45) is 0 Å². The Morgan fingerprint density at radius 3 is 2.81 bits per heavy atom. The third kappa shape index (κ3) is 4.55. The molecule has 21 heavy (non-hydrogen) atoms. The van der Waals surface area contributed by atoms with E-state index < -0.39 is 10.0 Å². The second kappa shape index (κ2) is 7.06. The smallest absolute Gasteiger partial charge is 0.240 e. The molecule has 0 aliphatic heterocycles. The summed E-state index contributed by atoms with van der Waals surface area (Å²) in [6, 6.07) is 4.59. The Morgan fingerprint density at radius 2 is 2.14 bits per heavy atom. The first-order chi connectivity index (χ1) is 9.99. The molecular formula is C13H17BrN4O2S. The monoisotopic (exact) mass is 372 g/mol. The molecule has 0 unspecified atom stereocenters. The van der Waals surface area contributed by atoms with Crippen LogP contribution in [0.25, 0.3) is 0 Å². The Kier molecular flexibility index (Phi) is 5.38. The molecule has 0 spiro atoms. The van der Waals surface area contributed by atoms with E-state index in [-0.39, 0.29) is 4.90 Å². The van der Waals surface area contributed by atoms with E-state index in [0.29, 0.717) is 16.7 Å². The number of unbranched alkanes of at least 4 members (excludes halogenated alkanes) is 1. The molecule has 0 atom stereocenters. The molecule has 0 aliphatic carbocycles. The molecule has 0 fully saturated rings. The second-order valence-corrected chi connectivity index (χ2v) is 7.21. The number of halogens is 1. The van der Waals surface area contributed by atoms with Gasteiger partial charge in [-0.1, -0.05) is 0 Å². The molecule has 1 aromatic carbocycles. The Hall–Kier alpha value is -1.38. The molecular weight excluding hydrogens is 356 g/mol. The zero-order valence-corrected chi connectivity index (χ0v) is 13.8. The molecule has 8 heteroatoms. The number of aryl methyl sites for hydroxylation is 1. The number of anilines is 1. The van der Waals surface area contributed by atoms with E-state index in [1.165, 1.54) is 12.1 Å². The quantitative estimate of drug-likeness (QED) is 0.574. The number of rotatable bonds is 7. The molecule has 0 saturated carbocycles. The first-order valence-electron chi connectivity index (χ1n) is 6.49. The number of aromatic nitrogens is 2. The van der Waals surface area contributed by atoms with Crippen molar-refractivity contribution in [2.45, 2.75) is 24.3 Å². The lowest BCUT2D eigenvalue weighted by Crippen LogP contribution is -2.25. The summed E-state index contributed by atoms with van der Waals surface area (Å²) in [7, 11) is -3.50. The first kappa shape index (κ1) is 16.0. The van der Waals surface area contributed by atoms with E-state index in [1.807, 2.05) is 10.8 Å². The normalized spacial score (nSPS) is 11.7. The van der Waals surface area contributed by atoms with Crippen LogP contribution >= 0.6 is 15.9 Å². The topological polar surface area (TPSA) is 90.0 Å². The number of nitrogens with two attached hydrogens (primary N) is 1. The number of hydrogen-bond donors (Lipinski definition) is 2. The van der Waals surface area contributed by atoms with Crippen LogP contribution in [0.3, 0.4) is 0 Å². The lowest BCUT2D eigenvalue weighted by atomic mass is 10.3. The van der Waals surface area contributed by atoms with Gasteiger partial charge in [0.05, 0.1) is 11.2 Å². The van der Waals surface area contributed by atoms with Crippen molar-refractivity contribution in [1.29, 1.82) is 0 Å². The summed E-state index contributed by atoms with van der Waals surface area (Å²) in [5.74, 6) is 0. The highest BCUT2D eigenvalue weighted by Gasteiger charge is 2.14. The third-order valence-corrected chi connectivity index (χ3v) is 5.15. The van der Waals surface area contributed by atoms with Gasteiger partial charge in [0.1, 0.15) is 0 Å². The van der Waals surface area contributed by atoms with Crippen LogP contribution in [0.2, 0.25) is 0 Å². The van der Waals surface area contributed by atoms with E-state index in [1.54, 1.807) is 18.6 Å². The van der Waals surface area contributed by atoms with E-state index in [4.69, 9.17) is 5.73 Å². The molecule has 0 aliphatic rings. The van der Waals surface area contributed by atoms with Crippen LogP contribution in [0.4, 0.5) is 5.69 Å². The van der Waals surface area contributed by atoms with Gasteiger partial charge < -0.3 is 10.3 Å². The lowest BCUT2D eigenvalue weighted by molar-refractivity contribution is 0.566. The van der Waals surface area contributed by atoms with Crippen molar-refractivity contribution >= 4 is 31.6 Å². The molecule has 0 bridgehead atoms. The Morgan fingerprint density at radius 1 is 1.33 bits per heavy atom. The summed E-state index contributed by atoms with van der Waals surface area (Å²) >= 11 is 3.24. The molecule has 1 heterocycles. The molecule has 0 amide bonds. The van der Waals surface area contributed by atoms with Crippen LogP contribution in [0, 0.1) is 0 Å². The van der Waals surface area contributed by atoms with E-state index in [2.05, 4.69) is 25.6 Å². The average Bonchev–Trinajstić information content (AvgIpc) is 2.94. The van der Waals surface area contributed by atoms with Crippen molar-refractivity contribution in [1.82, 2.24) is 14.3 Å². The Labute approximate surface area is 132 Å². The molecule has 114 valence electrons. The Bertz CT molecular complexity index is 686. The highest BCUT2D eigenvalue weighted by atomic mass is 79.9. The highest BCUT2D eigenvalue weighted by molar-refractivity contribution is 9.10. The third-order valence-electron chi connectivity index (χ3n) is 2.97. The van der Waals surface area contributed by atoms with Crippen molar-refractivity contribution in [3.8, 4) is 0 Å². The molecule has 6 nitrogen and oxygen atoms in total. The van der Waals surface area contributed by atoms with Gasteiger partial charge in [-0.2, -0.15) is 0 Å². The minimum atomic E-state index is -3.50. The summed E-state index contributed by atoms with van der Waals surface area (Å²) in [6.07, 6.45) is 6.98. The number of imidazole rings is 1. The van der Waals surface area contributed by atoms with Gasteiger partial charge in [0.2, 0.25) is 10.0 Å². The van der Waals surface area contributed by atoms with Gasteiger partial charge in [-0.25, -0.2) is 18.1 Å². The zero-order chi connectivity index (χ0) is 15.3. The van der Waals surface area contributed by atoms with Crippen molar-refractivity contribution in [3.63, 3.8) is 0 Å². The average molecular weight is 373 g/mol. The number of nitrogens with one attached hydrogen (secondary N) is 1. The minimum Gasteiger partial charge on any atom is -0.398 e. The Balaban J connectivity index is 1.82. The maximum absolute atomic E-state index is 12.1. The summed E-state index contributed by atoms with van der Waals surface area (Å²) in [4.78, 5) is 4.13. The molecule has 3 N–H and O–H groups in total. The van der Waals surface area contributed by atoms with Crippen molar-refractivity contribution < 1.29 is 8.42 Å². The largest absolute Gasteiger partial charge is 0.398 e. The minimum absolute atomic E-state index is 0.179. The summed E-state index contributed by atoms with van der Waals surface area (Å²) < 4.78 is 29.4. The lowest BCUT2D eigenvalue weighted by Gasteiger charge is -2.08. The fourth-order valence-corrected chi connectivity index (χ4v) is 3.17. The number of hydrogen-bond acceptors (Lipinski definition) is 4. The predicted molar refractivity (Wildman–Crippen MR) is 85.2 cm³/mol. The predicted octanol–water partition coefficient (Wildman–Crippen LogP) is 1.99. The van der Waals surface area contributed by atoms with E-state index in [0.717, 1.165) is 19.4 Å². The molecule has 1 aromatic heterocycles. The van der Waals surface area contributed by atoms with Crippen molar-refractivity contribution in [2.75, 3.05) is 12.3 Å². The number of nitrogens with zero attached hydrogens (tertiary/aromatic N) is 2. The van der Waals surface area contributed by atoms with E-state index >= 15 is 0 Å². The van der Waals surface area contributed by atoms with Crippen LogP contribution in [-0.4, -0.2) is 24.5 Å². The van der Waals surface area contributed by atoms with Crippen molar-refractivity contribution in [3.05, 3.63) is 41.4 Å². The number of benzene rings is 1. The molecule has 0 saturated heterocycles. The number of nitrogen functional groups attached to an aromatic ring is 1. The van der Waals surface area contributed by atoms with Gasteiger partial charge in [-0.05, 0) is 47.0 Å². The van der Waals surface area contributed by atoms with Crippen LogP contribution in [0.15, 0.2) is 46.3 Å². The molecule has 2 rings (SSSR count). The standard InChI is InChI=1S/C13H17BrN4O2S/c14-12-4-3-11(9-13(12)15)21(19,20)17-5-1-2-7-18-8-6-16-10-18/h3-4,6,8-10,17H,1-2,5,7,15H2. The first-order valence-corrected chi connectivity index (χ1v) is 8.77. The van der Waals surface area contributed by atoms with Gasteiger partial charge in [0, 0.05) is 35.6 Å². The van der Waals surface area contributed by atoms with Crippen LogP contribution in [-0.2, 0) is 16.6 Å². The zero-order valence-electron chi connectivity index (χ0n) is 11.4. The van der Waals surface area contributed by atoms with Crippen LogP contribution < -0.4 is 10.5 Å². The van der Waals surface area contributed by atoms with Gasteiger partial charge in [-0.3, -0.25) is 0 Å². The fourth-order valence-electron chi connectivity index (χ4n) is 1.82. The molecule has 2 aromatic rings.